The van der Waals surface area contributed by atoms with Crippen LogP contribution in [0.1, 0.15) is 73.2 Å². The van der Waals surface area contributed by atoms with Crippen LogP contribution < -0.4 is 20.9 Å². The van der Waals surface area contributed by atoms with Crippen LogP contribution in [0, 0.1) is 10.8 Å². The fourth-order valence-electron chi connectivity index (χ4n) is 6.36. The van der Waals surface area contributed by atoms with E-state index >= 15 is 0 Å². The number of nitrogens with one attached hydrogen (secondary N) is 3. The molecule has 3 aromatic rings. The van der Waals surface area contributed by atoms with Crippen molar-refractivity contribution in [3.8, 4) is 5.75 Å². The summed E-state index contributed by atoms with van der Waals surface area (Å²) < 4.78 is 12.2. The lowest BCUT2D eigenvalue weighted by atomic mass is 9.53. The van der Waals surface area contributed by atoms with Gasteiger partial charge in [-0.15, -0.1) is 0 Å². The molecule has 7 rings (SSSR count). The molecule has 41 heavy (non-hydrogen) atoms. The molecule has 216 valence electrons. The van der Waals surface area contributed by atoms with Gasteiger partial charge in [0.05, 0.1) is 24.4 Å². The van der Waals surface area contributed by atoms with Crippen molar-refractivity contribution in [2.45, 2.75) is 58.0 Å². The summed E-state index contributed by atoms with van der Waals surface area (Å²) >= 11 is 0. The molecule has 4 N–H and O–H groups in total. The Labute approximate surface area is 237 Å². The van der Waals surface area contributed by atoms with E-state index in [1.54, 1.807) is 22.8 Å². The van der Waals surface area contributed by atoms with Crippen molar-refractivity contribution in [1.82, 2.24) is 30.7 Å². The van der Waals surface area contributed by atoms with E-state index in [0.29, 0.717) is 41.7 Å². The lowest BCUT2D eigenvalue weighted by molar-refractivity contribution is -0.162. The summed E-state index contributed by atoms with van der Waals surface area (Å²) in [6.45, 7) is 3.29. The fraction of sp³-hybridized carbons (Fsp3) is 0.483. The van der Waals surface area contributed by atoms with E-state index in [1.165, 1.54) is 7.11 Å². The Balaban J connectivity index is 1.13. The van der Waals surface area contributed by atoms with E-state index in [9.17, 15) is 9.59 Å². The Hall–Kier alpha value is -4.03. The molecule has 3 heterocycles. The summed E-state index contributed by atoms with van der Waals surface area (Å²) in [7, 11) is 1.47. The highest BCUT2D eigenvalue weighted by molar-refractivity contribution is 5.93. The zero-order valence-corrected chi connectivity index (χ0v) is 23.3. The van der Waals surface area contributed by atoms with Gasteiger partial charge in [-0.25, -0.2) is 14.5 Å². The average molecular weight is 562 g/mol. The number of methoxy groups -OCH3 is 1. The minimum atomic E-state index is -0.343. The molecule has 0 saturated heterocycles. The van der Waals surface area contributed by atoms with Gasteiger partial charge in [-0.1, -0.05) is 6.07 Å². The number of carbonyl (C=O) groups excluding carboxylic acids is 2. The van der Waals surface area contributed by atoms with E-state index in [4.69, 9.17) is 19.7 Å². The number of carbonyl (C=O) groups is 2. The maximum absolute atomic E-state index is 13.5. The molecule has 1 atom stereocenters. The number of hydrogen-bond donors (Lipinski definition) is 4. The number of hydrogen-bond acceptors (Lipinski definition) is 10. The summed E-state index contributed by atoms with van der Waals surface area (Å²) in [6, 6.07) is 9.15. The van der Waals surface area contributed by atoms with Crippen LogP contribution in [0.4, 0.5) is 5.69 Å². The summed E-state index contributed by atoms with van der Waals surface area (Å²) in [5.41, 5.74) is 5.10. The predicted octanol–water partition coefficient (Wildman–Crippen LogP) is 3.22. The molecule has 1 amide bonds. The first-order chi connectivity index (χ1) is 19.8. The molecule has 4 aliphatic rings. The second-order valence-corrected chi connectivity index (χ2v) is 11.5. The Morgan fingerprint density at radius 2 is 1.93 bits per heavy atom. The maximum Gasteiger partial charge on any atom is 0.311 e. The van der Waals surface area contributed by atoms with Gasteiger partial charge in [0.15, 0.2) is 11.5 Å². The zero-order valence-electron chi connectivity index (χ0n) is 23.3. The molecule has 1 unspecified atom stereocenters. The van der Waals surface area contributed by atoms with Gasteiger partial charge < -0.3 is 20.1 Å². The minimum absolute atomic E-state index is 0.0112. The fourth-order valence-corrected chi connectivity index (χ4v) is 6.36. The van der Waals surface area contributed by atoms with Crippen molar-refractivity contribution >= 4 is 29.0 Å². The quantitative estimate of drug-likeness (QED) is 0.240. The number of aromatic nitrogens is 3. The van der Waals surface area contributed by atoms with Crippen molar-refractivity contribution in [1.29, 1.82) is 0 Å². The first kappa shape index (κ1) is 27.2. The van der Waals surface area contributed by atoms with Crippen molar-refractivity contribution in [3.05, 3.63) is 53.5 Å². The van der Waals surface area contributed by atoms with Crippen LogP contribution in [0.5, 0.6) is 5.75 Å². The summed E-state index contributed by atoms with van der Waals surface area (Å²) in [5, 5.41) is 20.1. The third-order valence-corrected chi connectivity index (χ3v) is 9.08. The van der Waals surface area contributed by atoms with Gasteiger partial charge in [-0.05, 0) is 74.6 Å². The zero-order chi connectivity index (χ0) is 28.6. The SMILES string of the molecule is COC(=O)C12CCC(CNC(=O)c3cc(C(C)NCc4ccc5c(c4)N=C(NO)CO5)nc4ccnn34)(CC1)CC2. The van der Waals surface area contributed by atoms with Crippen molar-refractivity contribution in [2.75, 3.05) is 20.3 Å². The molecule has 12 nitrogen and oxygen atoms in total. The monoisotopic (exact) mass is 561 g/mol. The van der Waals surface area contributed by atoms with E-state index in [2.05, 4.69) is 20.7 Å². The number of amides is 1. The van der Waals surface area contributed by atoms with Crippen molar-refractivity contribution in [3.63, 3.8) is 0 Å². The smallest absolute Gasteiger partial charge is 0.311 e. The molecular weight excluding hydrogens is 526 g/mol. The second kappa shape index (κ2) is 10.7. The normalized spacial score (nSPS) is 23.7. The van der Waals surface area contributed by atoms with Gasteiger partial charge in [0.2, 0.25) is 0 Å². The first-order valence-electron chi connectivity index (χ1n) is 14.0. The van der Waals surface area contributed by atoms with Crippen molar-refractivity contribution in [2.24, 2.45) is 15.8 Å². The molecule has 0 radical (unpaired) electrons. The number of nitrogens with zero attached hydrogens (tertiary/aromatic N) is 4. The summed E-state index contributed by atoms with van der Waals surface area (Å²) in [5.74, 6) is 0.722. The molecule has 1 aliphatic heterocycles. The lowest BCUT2D eigenvalue weighted by Gasteiger charge is -2.51. The Morgan fingerprint density at radius 1 is 1.15 bits per heavy atom. The van der Waals surface area contributed by atoms with E-state index in [-0.39, 0.29) is 35.4 Å². The number of fused-ring (bicyclic) bond motifs is 5. The van der Waals surface area contributed by atoms with Crippen LogP contribution in [-0.4, -0.2) is 57.8 Å². The Bertz CT molecular complexity index is 1490. The van der Waals surface area contributed by atoms with Gasteiger partial charge in [-0.3, -0.25) is 20.3 Å². The van der Waals surface area contributed by atoms with Crippen LogP contribution >= 0.6 is 0 Å². The van der Waals surface area contributed by atoms with Crippen LogP contribution in [0.3, 0.4) is 0 Å². The maximum atomic E-state index is 13.5. The minimum Gasteiger partial charge on any atom is -0.483 e. The van der Waals surface area contributed by atoms with Gasteiger partial charge in [0, 0.05) is 25.2 Å². The van der Waals surface area contributed by atoms with Crippen LogP contribution in [0.15, 0.2) is 41.5 Å². The number of esters is 1. The molecule has 0 spiro atoms. The topological polar surface area (TPSA) is 151 Å². The van der Waals surface area contributed by atoms with Crippen LogP contribution in [0.25, 0.3) is 5.65 Å². The first-order valence-corrected chi connectivity index (χ1v) is 14.0. The number of ether oxygens (including phenoxy) is 2. The predicted molar refractivity (Wildman–Crippen MR) is 149 cm³/mol. The molecule has 2 aromatic heterocycles. The number of hydroxylamine groups is 1. The molecule has 3 aliphatic carbocycles. The molecule has 3 fully saturated rings. The van der Waals surface area contributed by atoms with E-state index in [0.717, 1.165) is 49.8 Å². The lowest BCUT2D eigenvalue weighted by Crippen LogP contribution is -2.50. The highest BCUT2D eigenvalue weighted by Gasteiger charge is 2.53. The van der Waals surface area contributed by atoms with Gasteiger partial charge >= 0.3 is 5.97 Å². The average Bonchev–Trinajstić information content (AvgIpc) is 3.51. The summed E-state index contributed by atoms with van der Waals surface area (Å²) in [4.78, 5) is 34.9. The molecule has 12 heteroatoms. The van der Waals surface area contributed by atoms with Gasteiger partial charge in [0.1, 0.15) is 23.7 Å². The Morgan fingerprint density at radius 3 is 2.66 bits per heavy atom. The second-order valence-electron chi connectivity index (χ2n) is 11.5. The largest absolute Gasteiger partial charge is 0.483 e. The molecular formula is C29H35N7O5. The Kier molecular flexibility index (Phi) is 7.12. The van der Waals surface area contributed by atoms with Gasteiger partial charge in [0.25, 0.3) is 5.91 Å². The molecule has 2 bridgehead atoms. The number of amidine groups is 1. The van der Waals surface area contributed by atoms with Crippen molar-refractivity contribution < 1.29 is 24.3 Å². The summed E-state index contributed by atoms with van der Waals surface area (Å²) in [6.07, 6.45) is 6.78. The number of benzene rings is 1. The number of rotatable bonds is 8. The van der Waals surface area contributed by atoms with E-state index in [1.807, 2.05) is 30.6 Å². The van der Waals surface area contributed by atoms with Crippen LogP contribution in [0.2, 0.25) is 0 Å². The third kappa shape index (κ3) is 5.13. The standard InChI is InChI=1S/C29H35N7O5/c1-18(30-15-19-3-4-23-21(13-19)33-24(35-39)16-41-23)20-14-22(36-25(34-20)5-12-32-36)26(37)31-17-28-6-9-29(10-7-28,11-8-28)27(38)40-2/h3-5,12-14,18,30,39H,6-11,15-17H2,1-2H3,(H,31,37)(H,33,35). The molecule has 3 saturated carbocycles. The number of aliphatic imine (C=N–C) groups is 1. The highest BCUT2D eigenvalue weighted by atomic mass is 16.5. The molecule has 1 aromatic carbocycles. The highest BCUT2D eigenvalue weighted by Crippen LogP contribution is 2.57. The van der Waals surface area contributed by atoms with Gasteiger partial charge in [-0.2, -0.15) is 5.10 Å². The third-order valence-electron chi connectivity index (χ3n) is 9.08. The van der Waals surface area contributed by atoms with E-state index < -0.39 is 0 Å². The van der Waals surface area contributed by atoms with Crippen LogP contribution in [-0.2, 0) is 16.1 Å².